The van der Waals surface area contributed by atoms with Gasteiger partial charge in [-0.25, -0.2) is 0 Å². The molecule has 2 aromatic rings. The van der Waals surface area contributed by atoms with E-state index >= 15 is 0 Å². The van der Waals surface area contributed by atoms with Crippen LogP contribution < -0.4 is 0 Å². The lowest BCUT2D eigenvalue weighted by Gasteiger charge is -2.05. The van der Waals surface area contributed by atoms with Gasteiger partial charge in [0.2, 0.25) is 0 Å². The fourth-order valence-corrected chi connectivity index (χ4v) is 3.06. The van der Waals surface area contributed by atoms with E-state index in [1.807, 2.05) is 36.4 Å². The quantitative estimate of drug-likeness (QED) is 0.772. The molecule has 0 saturated heterocycles. The largest absolute Gasteiger partial charge is 0.396 e. The van der Waals surface area contributed by atoms with Gasteiger partial charge in [-0.1, -0.05) is 60.7 Å². The summed E-state index contributed by atoms with van der Waals surface area (Å²) < 4.78 is 11.6. The first-order valence-corrected chi connectivity index (χ1v) is 8.22. The van der Waals surface area contributed by atoms with Crippen LogP contribution in [0, 0.1) is 17.8 Å². The highest BCUT2D eigenvalue weighted by molar-refractivity contribution is 5.14. The Bertz CT molecular complexity index is 518. The number of ether oxygens (including phenoxy) is 2. The van der Waals surface area contributed by atoms with Gasteiger partial charge in [0.05, 0.1) is 26.4 Å². The van der Waals surface area contributed by atoms with E-state index in [-0.39, 0.29) is 6.61 Å². The fourth-order valence-electron chi connectivity index (χ4n) is 3.06. The van der Waals surface area contributed by atoms with Crippen molar-refractivity contribution in [3.05, 3.63) is 71.8 Å². The van der Waals surface area contributed by atoms with E-state index in [0.29, 0.717) is 44.2 Å². The lowest BCUT2D eigenvalue weighted by Crippen LogP contribution is -2.03. The second-order valence-electron chi connectivity index (χ2n) is 6.18. The Balaban J connectivity index is 1.37. The Morgan fingerprint density at radius 1 is 0.652 bits per heavy atom. The van der Waals surface area contributed by atoms with Gasteiger partial charge in [0, 0.05) is 6.61 Å². The van der Waals surface area contributed by atoms with Crippen molar-refractivity contribution in [2.45, 2.75) is 13.2 Å². The van der Waals surface area contributed by atoms with Crippen LogP contribution in [0.3, 0.4) is 0 Å². The summed E-state index contributed by atoms with van der Waals surface area (Å²) in [5, 5.41) is 9.47. The molecule has 3 heteroatoms. The standard InChI is InChI=1S/C20H24O3/c21-11-18-19(14-22-12-16-7-3-1-4-8-16)20(18)15-23-13-17-9-5-2-6-10-17/h1-10,18-21H,11-15H2/t18?,19-,20+. The van der Waals surface area contributed by atoms with Crippen molar-refractivity contribution in [3.63, 3.8) is 0 Å². The van der Waals surface area contributed by atoms with Gasteiger partial charge < -0.3 is 14.6 Å². The van der Waals surface area contributed by atoms with Crippen molar-refractivity contribution < 1.29 is 14.6 Å². The van der Waals surface area contributed by atoms with Crippen molar-refractivity contribution in [1.29, 1.82) is 0 Å². The molecule has 0 radical (unpaired) electrons. The molecule has 1 aliphatic carbocycles. The summed E-state index contributed by atoms with van der Waals surface area (Å²) in [5.41, 5.74) is 2.37. The molecule has 0 amide bonds. The average molecular weight is 312 g/mol. The first-order chi connectivity index (χ1) is 11.4. The normalized spacial score (nSPS) is 22.9. The number of hydrogen-bond donors (Lipinski definition) is 1. The minimum atomic E-state index is 0.221. The smallest absolute Gasteiger partial charge is 0.0717 e. The Hall–Kier alpha value is -1.68. The third-order valence-corrected chi connectivity index (χ3v) is 4.56. The van der Waals surface area contributed by atoms with Crippen molar-refractivity contribution >= 4 is 0 Å². The average Bonchev–Trinajstić information content (AvgIpc) is 3.28. The van der Waals surface area contributed by atoms with Crippen LogP contribution in [0.2, 0.25) is 0 Å². The molecule has 122 valence electrons. The lowest BCUT2D eigenvalue weighted by atomic mass is 10.2. The minimum Gasteiger partial charge on any atom is -0.396 e. The van der Waals surface area contributed by atoms with E-state index in [2.05, 4.69) is 24.3 Å². The van der Waals surface area contributed by atoms with E-state index in [9.17, 15) is 5.11 Å². The summed E-state index contributed by atoms with van der Waals surface area (Å²) in [7, 11) is 0. The summed E-state index contributed by atoms with van der Waals surface area (Å²) in [5.74, 6) is 1.15. The molecule has 1 N–H and O–H groups in total. The number of rotatable bonds is 9. The first-order valence-electron chi connectivity index (χ1n) is 8.22. The van der Waals surface area contributed by atoms with Crippen LogP contribution in [0.5, 0.6) is 0 Å². The Labute approximate surface area is 137 Å². The summed E-state index contributed by atoms with van der Waals surface area (Å²) in [6.45, 7) is 2.87. The van der Waals surface area contributed by atoms with Gasteiger partial charge in [0.1, 0.15) is 0 Å². The van der Waals surface area contributed by atoms with Gasteiger partial charge >= 0.3 is 0 Å². The topological polar surface area (TPSA) is 38.7 Å². The second-order valence-corrected chi connectivity index (χ2v) is 6.18. The molecule has 0 heterocycles. The molecule has 0 bridgehead atoms. The molecule has 1 saturated carbocycles. The SMILES string of the molecule is OCC1[C@@H](COCc2ccccc2)[C@H]1COCc1ccccc1. The lowest BCUT2D eigenvalue weighted by molar-refractivity contribution is 0.0840. The molecule has 23 heavy (non-hydrogen) atoms. The molecule has 0 aliphatic heterocycles. The third-order valence-electron chi connectivity index (χ3n) is 4.56. The molecule has 3 atom stereocenters. The van der Waals surface area contributed by atoms with E-state index in [1.54, 1.807) is 0 Å². The Morgan fingerprint density at radius 2 is 1.09 bits per heavy atom. The van der Waals surface area contributed by atoms with Crippen LogP contribution in [-0.2, 0) is 22.7 Å². The van der Waals surface area contributed by atoms with Gasteiger partial charge in [-0.3, -0.25) is 0 Å². The monoisotopic (exact) mass is 312 g/mol. The maximum absolute atomic E-state index is 9.47. The zero-order valence-corrected chi connectivity index (χ0v) is 13.3. The molecular weight excluding hydrogens is 288 g/mol. The van der Waals surface area contributed by atoms with E-state index in [0.717, 1.165) is 0 Å². The molecule has 3 nitrogen and oxygen atoms in total. The number of aliphatic hydroxyl groups is 1. The van der Waals surface area contributed by atoms with E-state index in [4.69, 9.17) is 9.47 Å². The third kappa shape index (κ3) is 4.64. The molecule has 1 unspecified atom stereocenters. The van der Waals surface area contributed by atoms with Crippen molar-refractivity contribution in [3.8, 4) is 0 Å². The van der Waals surface area contributed by atoms with Gasteiger partial charge in [0.15, 0.2) is 0 Å². The fraction of sp³-hybridized carbons (Fsp3) is 0.400. The van der Waals surface area contributed by atoms with Crippen LogP contribution in [0.25, 0.3) is 0 Å². The van der Waals surface area contributed by atoms with Crippen LogP contribution >= 0.6 is 0 Å². The Kier molecular flexibility index (Phi) is 5.81. The number of benzene rings is 2. The highest BCUT2D eigenvalue weighted by Gasteiger charge is 2.49. The molecule has 0 spiro atoms. The summed E-state index contributed by atoms with van der Waals surface area (Å²) in [6.07, 6.45) is 0. The van der Waals surface area contributed by atoms with Gasteiger partial charge in [0.25, 0.3) is 0 Å². The highest BCUT2D eigenvalue weighted by atomic mass is 16.5. The van der Waals surface area contributed by atoms with Crippen LogP contribution in [0.4, 0.5) is 0 Å². The van der Waals surface area contributed by atoms with Crippen molar-refractivity contribution in [1.82, 2.24) is 0 Å². The number of aliphatic hydroxyl groups excluding tert-OH is 1. The van der Waals surface area contributed by atoms with Crippen LogP contribution in [0.1, 0.15) is 11.1 Å². The first kappa shape index (κ1) is 16.2. The van der Waals surface area contributed by atoms with Gasteiger partial charge in [-0.05, 0) is 28.9 Å². The molecule has 2 aromatic carbocycles. The highest BCUT2D eigenvalue weighted by Crippen LogP contribution is 2.46. The predicted octanol–water partition coefficient (Wildman–Crippen LogP) is 3.27. The van der Waals surface area contributed by atoms with E-state index < -0.39 is 0 Å². The van der Waals surface area contributed by atoms with E-state index in [1.165, 1.54) is 11.1 Å². The maximum Gasteiger partial charge on any atom is 0.0717 e. The zero-order valence-electron chi connectivity index (χ0n) is 13.3. The molecule has 3 rings (SSSR count). The summed E-state index contributed by atoms with van der Waals surface area (Å²) in [4.78, 5) is 0. The molecule has 1 aliphatic rings. The van der Waals surface area contributed by atoms with Crippen LogP contribution in [0.15, 0.2) is 60.7 Å². The Morgan fingerprint density at radius 3 is 1.48 bits per heavy atom. The van der Waals surface area contributed by atoms with Crippen molar-refractivity contribution in [2.75, 3.05) is 19.8 Å². The second kappa shape index (κ2) is 8.25. The van der Waals surface area contributed by atoms with Gasteiger partial charge in [-0.15, -0.1) is 0 Å². The molecular formula is C20H24O3. The zero-order chi connectivity index (χ0) is 15.9. The van der Waals surface area contributed by atoms with Crippen LogP contribution in [-0.4, -0.2) is 24.9 Å². The predicted molar refractivity (Wildman–Crippen MR) is 89.8 cm³/mol. The molecule has 0 aromatic heterocycles. The maximum atomic E-state index is 9.47. The number of hydrogen-bond acceptors (Lipinski definition) is 3. The summed E-state index contributed by atoms with van der Waals surface area (Å²) in [6, 6.07) is 20.4. The minimum absolute atomic E-state index is 0.221. The van der Waals surface area contributed by atoms with Gasteiger partial charge in [-0.2, -0.15) is 0 Å². The van der Waals surface area contributed by atoms with Crippen molar-refractivity contribution in [2.24, 2.45) is 17.8 Å². The molecule has 1 fully saturated rings. The summed E-state index contributed by atoms with van der Waals surface area (Å²) >= 11 is 0.